The summed E-state index contributed by atoms with van der Waals surface area (Å²) in [5.74, 6) is 0.827. The summed E-state index contributed by atoms with van der Waals surface area (Å²) in [6.07, 6.45) is 7.62. The largest absolute Gasteiger partial charge is 0.478 e. The molecule has 2 saturated heterocycles. The third kappa shape index (κ3) is 3.96. The standard InChI is InChI=1S/C26H26FN3O4/c27-18-3-1-2-16(10-18)24-22(25(34-29-24)15-4-5-15)14-33-21-11-19-7-8-20(12-21)30(19)23-9-6-17(13-28-23)26(31)32/h1-3,6,9-10,13,15,19-21H,4-5,7-8,11-12,14H2,(H,31,32)/t19-,20+,21+. The first-order chi connectivity index (χ1) is 16.6. The molecular weight excluding hydrogens is 437 g/mol. The van der Waals surface area contributed by atoms with Gasteiger partial charge in [-0.25, -0.2) is 14.2 Å². The minimum Gasteiger partial charge on any atom is -0.478 e. The van der Waals surface area contributed by atoms with Gasteiger partial charge in [0, 0.05) is 35.3 Å². The monoisotopic (exact) mass is 463 g/mol. The van der Waals surface area contributed by atoms with Crippen molar-refractivity contribution in [2.45, 2.75) is 69.2 Å². The number of anilines is 1. The van der Waals surface area contributed by atoms with Gasteiger partial charge >= 0.3 is 5.97 Å². The second-order valence-corrected chi connectivity index (χ2v) is 9.57. The second-order valence-electron chi connectivity index (χ2n) is 9.57. The molecule has 34 heavy (non-hydrogen) atoms. The molecule has 8 heteroatoms. The quantitative estimate of drug-likeness (QED) is 0.517. The molecule has 0 radical (unpaired) electrons. The number of halogens is 1. The van der Waals surface area contributed by atoms with Crippen LogP contribution in [0.5, 0.6) is 0 Å². The highest BCUT2D eigenvalue weighted by atomic mass is 19.1. The van der Waals surface area contributed by atoms with Gasteiger partial charge in [-0.2, -0.15) is 0 Å². The van der Waals surface area contributed by atoms with Crippen LogP contribution in [-0.4, -0.2) is 39.4 Å². The highest BCUT2D eigenvalue weighted by Crippen LogP contribution is 2.45. The predicted octanol–water partition coefficient (Wildman–Crippen LogP) is 5.17. The molecule has 176 valence electrons. The van der Waals surface area contributed by atoms with E-state index < -0.39 is 5.97 Å². The van der Waals surface area contributed by atoms with Crippen LogP contribution in [-0.2, 0) is 11.3 Å². The number of rotatable bonds is 7. The molecule has 4 heterocycles. The van der Waals surface area contributed by atoms with Crippen molar-refractivity contribution in [1.82, 2.24) is 10.1 Å². The highest BCUT2D eigenvalue weighted by Gasteiger charge is 2.42. The van der Waals surface area contributed by atoms with E-state index in [0.29, 0.717) is 35.9 Å². The summed E-state index contributed by atoms with van der Waals surface area (Å²) in [7, 11) is 0. The van der Waals surface area contributed by atoms with Crippen LogP contribution in [0.15, 0.2) is 47.1 Å². The van der Waals surface area contributed by atoms with Gasteiger partial charge < -0.3 is 19.3 Å². The van der Waals surface area contributed by atoms with Crippen LogP contribution < -0.4 is 4.90 Å². The van der Waals surface area contributed by atoms with Crippen molar-refractivity contribution in [1.29, 1.82) is 0 Å². The Morgan fingerprint density at radius 3 is 2.59 bits per heavy atom. The molecule has 0 spiro atoms. The molecule has 1 aromatic carbocycles. The molecule has 3 aromatic rings. The molecule has 3 atom stereocenters. The van der Waals surface area contributed by atoms with E-state index in [2.05, 4.69) is 15.0 Å². The zero-order valence-corrected chi connectivity index (χ0v) is 18.7. The lowest BCUT2D eigenvalue weighted by Gasteiger charge is -2.39. The number of carboxylic acid groups (broad SMARTS) is 1. The topological polar surface area (TPSA) is 88.7 Å². The molecule has 6 rings (SSSR count). The average Bonchev–Trinajstić information content (AvgIpc) is 3.54. The molecule has 0 unspecified atom stereocenters. The van der Waals surface area contributed by atoms with Gasteiger partial charge in [-0.3, -0.25) is 0 Å². The Bertz CT molecular complexity index is 1190. The number of ether oxygens (including phenoxy) is 1. The predicted molar refractivity (Wildman–Crippen MR) is 122 cm³/mol. The molecule has 2 aliphatic heterocycles. The van der Waals surface area contributed by atoms with Gasteiger partial charge in [-0.05, 0) is 62.8 Å². The minimum absolute atomic E-state index is 0.106. The van der Waals surface area contributed by atoms with Gasteiger partial charge in [0.25, 0.3) is 0 Å². The lowest BCUT2D eigenvalue weighted by molar-refractivity contribution is 0.0146. The van der Waals surface area contributed by atoms with Crippen molar-refractivity contribution in [3.05, 3.63) is 65.3 Å². The van der Waals surface area contributed by atoms with E-state index in [1.54, 1.807) is 18.2 Å². The van der Waals surface area contributed by atoms with Crippen molar-refractivity contribution < 1.29 is 23.6 Å². The van der Waals surface area contributed by atoms with Crippen LogP contribution in [0.1, 0.15) is 66.1 Å². The van der Waals surface area contributed by atoms with E-state index in [1.165, 1.54) is 18.3 Å². The number of fused-ring (bicyclic) bond motifs is 2. The molecule has 3 fully saturated rings. The summed E-state index contributed by atoms with van der Waals surface area (Å²) in [4.78, 5) is 17.9. The van der Waals surface area contributed by atoms with Crippen molar-refractivity contribution in [3.63, 3.8) is 0 Å². The smallest absolute Gasteiger partial charge is 0.337 e. The van der Waals surface area contributed by atoms with Crippen molar-refractivity contribution in [2.24, 2.45) is 0 Å². The Hall–Kier alpha value is -3.26. The number of carbonyl (C=O) groups is 1. The molecule has 3 aliphatic rings. The number of hydrogen-bond donors (Lipinski definition) is 1. The maximum Gasteiger partial charge on any atom is 0.337 e. The van der Waals surface area contributed by atoms with Crippen LogP contribution >= 0.6 is 0 Å². The normalized spacial score (nSPS) is 23.9. The SMILES string of the molecule is O=C(O)c1ccc(N2[C@@H]3CC[C@H]2C[C@@H](OCc2c(-c4cccc(F)c4)noc2C2CC2)C3)nc1. The van der Waals surface area contributed by atoms with Gasteiger partial charge in [-0.15, -0.1) is 0 Å². The zero-order chi connectivity index (χ0) is 23.2. The van der Waals surface area contributed by atoms with E-state index in [9.17, 15) is 9.18 Å². The summed E-state index contributed by atoms with van der Waals surface area (Å²) in [5.41, 5.74) is 2.52. The summed E-state index contributed by atoms with van der Waals surface area (Å²) >= 11 is 0. The van der Waals surface area contributed by atoms with Crippen LogP contribution in [0.2, 0.25) is 0 Å². The maximum atomic E-state index is 13.8. The van der Waals surface area contributed by atoms with Crippen LogP contribution in [0.25, 0.3) is 11.3 Å². The number of piperidine rings is 1. The fraction of sp³-hybridized carbons (Fsp3) is 0.423. The molecule has 7 nitrogen and oxygen atoms in total. The lowest BCUT2D eigenvalue weighted by atomic mass is 9.99. The summed E-state index contributed by atoms with van der Waals surface area (Å²) in [6.45, 7) is 0.400. The van der Waals surface area contributed by atoms with E-state index in [4.69, 9.17) is 14.4 Å². The fourth-order valence-corrected chi connectivity index (χ4v) is 5.49. The van der Waals surface area contributed by atoms with Gasteiger partial charge in [0.2, 0.25) is 0 Å². The van der Waals surface area contributed by atoms with Crippen LogP contribution in [0.4, 0.5) is 10.2 Å². The fourth-order valence-electron chi connectivity index (χ4n) is 5.49. The highest BCUT2D eigenvalue weighted by molar-refractivity contribution is 5.87. The van der Waals surface area contributed by atoms with E-state index in [-0.39, 0.29) is 17.5 Å². The van der Waals surface area contributed by atoms with E-state index in [0.717, 1.165) is 55.7 Å². The second kappa shape index (κ2) is 8.51. The Labute approximate surface area is 196 Å². The molecule has 2 bridgehead atoms. The first-order valence-electron chi connectivity index (χ1n) is 11.9. The minimum atomic E-state index is -0.967. The number of carboxylic acids is 1. The molecular formula is C26H26FN3O4. The number of hydrogen-bond acceptors (Lipinski definition) is 6. The van der Waals surface area contributed by atoms with Gasteiger partial charge in [0.05, 0.1) is 18.3 Å². The Morgan fingerprint density at radius 2 is 1.94 bits per heavy atom. The maximum absolute atomic E-state index is 13.8. The number of benzene rings is 1. The van der Waals surface area contributed by atoms with Gasteiger partial charge in [0.15, 0.2) is 0 Å². The number of nitrogens with zero attached hydrogens (tertiary/aromatic N) is 3. The van der Waals surface area contributed by atoms with Gasteiger partial charge in [-0.1, -0.05) is 17.3 Å². The average molecular weight is 464 g/mol. The number of aromatic nitrogens is 2. The summed E-state index contributed by atoms with van der Waals surface area (Å²) in [6, 6.07) is 10.5. The molecule has 1 N–H and O–H groups in total. The van der Waals surface area contributed by atoms with Crippen molar-refractivity contribution in [2.75, 3.05) is 4.90 Å². The Morgan fingerprint density at radius 1 is 1.15 bits per heavy atom. The van der Waals surface area contributed by atoms with Crippen molar-refractivity contribution >= 4 is 11.8 Å². The first kappa shape index (κ1) is 21.3. The lowest BCUT2D eigenvalue weighted by Crippen LogP contribution is -2.46. The molecule has 1 saturated carbocycles. The molecule has 1 aliphatic carbocycles. The Kier molecular flexibility index (Phi) is 5.32. The summed E-state index contributed by atoms with van der Waals surface area (Å²) in [5, 5.41) is 13.4. The third-order valence-corrected chi connectivity index (χ3v) is 7.28. The van der Waals surface area contributed by atoms with Crippen molar-refractivity contribution in [3.8, 4) is 11.3 Å². The van der Waals surface area contributed by atoms with Gasteiger partial charge in [0.1, 0.15) is 23.1 Å². The number of aromatic carboxylic acids is 1. The Balaban J connectivity index is 1.17. The third-order valence-electron chi connectivity index (χ3n) is 7.28. The first-order valence-corrected chi connectivity index (χ1v) is 11.9. The van der Waals surface area contributed by atoms with Crippen LogP contribution in [0, 0.1) is 5.82 Å². The molecule has 2 aromatic heterocycles. The summed E-state index contributed by atoms with van der Waals surface area (Å²) < 4.78 is 26.0. The van der Waals surface area contributed by atoms with E-state index >= 15 is 0 Å². The molecule has 0 amide bonds. The zero-order valence-electron chi connectivity index (χ0n) is 18.7. The van der Waals surface area contributed by atoms with E-state index in [1.807, 2.05) is 6.07 Å². The van der Waals surface area contributed by atoms with Crippen LogP contribution in [0.3, 0.4) is 0 Å². The number of pyridine rings is 1.